The first-order valence-corrected chi connectivity index (χ1v) is 36.1. The largest absolute Gasteiger partial charge is 0.506 e. The molecule has 112 heavy (non-hydrogen) atoms. The SMILES string of the molecule is CC(=O)COc1ccc(-n2c(=O)[nH]n(-c3cc(CC(NC(=O)CNC(=O)C(Cc4ccccc4)NC(=O)C(Cc4c[nH]cn4)NC(=O)C(CCCNC(=N)N)NC(=O)C(CCCCN)NC(=O)C(CCC(N)=O)NC(=O)C(CO)NC(=O)C(CC(=O)C(N)C(C)C)Cc4c[nH]c5ccccc45)C(=O)O)ccc3O)c2=O)cc1. The highest BCUT2D eigenvalue weighted by Gasteiger charge is 2.36. The second-order valence-corrected chi connectivity index (χ2v) is 27.0. The summed E-state index contributed by atoms with van der Waals surface area (Å²) in [7, 11) is 0. The second kappa shape index (κ2) is 42.2. The number of rotatable bonds is 46. The Hall–Kier alpha value is -12.8. The molecule has 0 aliphatic heterocycles. The van der Waals surface area contributed by atoms with Gasteiger partial charge in [-0.05, 0) is 123 Å². The van der Waals surface area contributed by atoms with E-state index in [2.05, 4.69) is 67.9 Å². The van der Waals surface area contributed by atoms with Gasteiger partial charge in [-0.1, -0.05) is 68.4 Å². The molecule has 0 aliphatic carbocycles. The average Bonchev–Trinajstić information content (AvgIpc) is 1.62. The van der Waals surface area contributed by atoms with Gasteiger partial charge < -0.3 is 101 Å². The summed E-state index contributed by atoms with van der Waals surface area (Å²) in [4.78, 5) is 202. The molecular formula is C74H96N20O18. The number of aliphatic hydroxyl groups excluding tert-OH is 1. The van der Waals surface area contributed by atoms with Crippen LogP contribution in [0.4, 0.5) is 0 Å². The molecule has 7 aromatic rings. The number of aromatic amines is 3. The molecule has 0 radical (unpaired) electrons. The van der Waals surface area contributed by atoms with Gasteiger partial charge in [0.1, 0.15) is 66.1 Å². The number of nitrogens with two attached hydrogens (primary N) is 4. The summed E-state index contributed by atoms with van der Waals surface area (Å²) in [5, 5.41) is 65.4. The zero-order valence-corrected chi connectivity index (χ0v) is 61.9. The molecule has 4 aromatic carbocycles. The first kappa shape index (κ1) is 86.4. The molecule has 38 nitrogen and oxygen atoms in total. The number of hydrogen-bond donors (Lipinski definition) is 20. The molecule has 9 atom stereocenters. The molecule has 7 rings (SSSR count). The van der Waals surface area contributed by atoms with Crippen molar-refractivity contribution in [2.45, 2.75) is 146 Å². The molecule has 0 aliphatic rings. The number of aliphatic carboxylic acids is 1. The number of unbranched alkanes of at least 4 members (excludes halogenated alkanes) is 1. The molecule has 3 aromatic heterocycles. The van der Waals surface area contributed by atoms with E-state index in [0.717, 1.165) is 26.2 Å². The number of ether oxygens (including phenoxy) is 1. The monoisotopic (exact) mass is 1550 g/mol. The number of para-hydroxylation sites is 1. The van der Waals surface area contributed by atoms with Crippen LogP contribution in [0.3, 0.4) is 0 Å². The van der Waals surface area contributed by atoms with E-state index in [4.69, 9.17) is 33.1 Å². The van der Waals surface area contributed by atoms with Crippen molar-refractivity contribution in [3.05, 3.63) is 159 Å². The van der Waals surface area contributed by atoms with E-state index in [9.17, 15) is 82.4 Å². The molecule has 0 spiro atoms. The fourth-order valence-corrected chi connectivity index (χ4v) is 11.9. The number of phenolic OH excluding ortho intramolecular Hbond substituents is 1. The number of carbonyl (C=O) groups is 12. The summed E-state index contributed by atoms with van der Waals surface area (Å²) in [6, 6.07) is 12.5. The lowest BCUT2D eigenvalue weighted by molar-refractivity contribution is -0.141. The van der Waals surface area contributed by atoms with Crippen molar-refractivity contribution in [2.24, 2.45) is 34.8 Å². The van der Waals surface area contributed by atoms with Crippen LogP contribution in [0.2, 0.25) is 0 Å². The Balaban J connectivity index is 1.06. The average molecular weight is 1550 g/mol. The molecule has 0 saturated carbocycles. The molecule has 600 valence electrons. The normalized spacial score (nSPS) is 13.6. The van der Waals surface area contributed by atoms with Crippen LogP contribution >= 0.6 is 0 Å². The highest BCUT2D eigenvalue weighted by Crippen LogP contribution is 2.25. The number of carboxylic acid groups (broad SMARTS) is 1. The Bertz CT molecular complexity index is 4580. The predicted octanol–water partition coefficient (Wildman–Crippen LogP) is -2.73. The van der Waals surface area contributed by atoms with Crippen molar-refractivity contribution in [2.75, 3.05) is 32.8 Å². The third-order valence-electron chi connectivity index (χ3n) is 18.0. The van der Waals surface area contributed by atoms with Crippen LogP contribution in [0, 0.1) is 17.2 Å². The fraction of sp³-hybridized carbons (Fsp3) is 0.405. The number of amides is 9. The number of aliphatic hydroxyl groups is 1. The summed E-state index contributed by atoms with van der Waals surface area (Å²) < 4.78 is 6.83. The van der Waals surface area contributed by atoms with Gasteiger partial charge in [0.15, 0.2) is 17.5 Å². The van der Waals surface area contributed by atoms with Crippen molar-refractivity contribution in [3.63, 3.8) is 0 Å². The highest BCUT2D eigenvalue weighted by molar-refractivity contribution is 5.99. The molecule has 0 saturated heterocycles. The smallest absolute Gasteiger partial charge is 0.356 e. The molecule has 24 N–H and O–H groups in total. The lowest BCUT2D eigenvalue weighted by Gasteiger charge is -2.28. The van der Waals surface area contributed by atoms with Crippen LogP contribution in [0.15, 0.2) is 125 Å². The number of nitrogens with one attached hydrogen (secondary N) is 13. The number of carbonyl (C=O) groups excluding carboxylic acids is 11. The Morgan fingerprint density at radius 3 is 1.85 bits per heavy atom. The second-order valence-electron chi connectivity index (χ2n) is 27.0. The van der Waals surface area contributed by atoms with Gasteiger partial charge in [-0.2, -0.15) is 4.68 Å². The number of ketones is 2. The molecule has 9 amide bonds. The van der Waals surface area contributed by atoms with E-state index in [1.165, 1.54) is 55.8 Å². The molecular weight excluding hydrogens is 1460 g/mol. The van der Waals surface area contributed by atoms with Gasteiger partial charge in [-0.3, -0.25) is 58.1 Å². The van der Waals surface area contributed by atoms with E-state index in [-0.39, 0.29) is 111 Å². The number of Topliss-reactive ketones (excluding diaryl/α,β-unsaturated/α-hetero) is 2. The Morgan fingerprint density at radius 2 is 1.24 bits per heavy atom. The molecule has 38 heteroatoms. The quantitative estimate of drug-likeness (QED) is 0.0105. The summed E-state index contributed by atoms with van der Waals surface area (Å²) in [5.74, 6) is -13.1. The van der Waals surface area contributed by atoms with Gasteiger partial charge in [-0.15, -0.1) is 0 Å². The maximum Gasteiger partial charge on any atom is 0.356 e. The van der Waals surface area contributed by atoms with E-state index < -0.39 is 175 Å². The third kappa shape index (κ3) is 25.9. The highest BCUT2D eigenvalue weighted by atomic mass is 16.5. The molecule has 3 heterocycles. The zero-order valence-electron chi connectivity index (χ0n) is 61.9. The van der Waals surface area contributed by atoms with Gasteiger partial charge in [-0.25, -0.2) is 29.0 Å². The Kier molecular flexibility index (Phi) is 32.6. The zero-order chi connectivity index (χ0) is 81.7. The summed E-state index contributed by atoms with van der Waals surface area (Å²) in [6.45, 7) is 2.86. The molecule has 0 fully saturated rings. The number of phenols is 1. The van der Waals surface area contributed by atoms with Crippen LogP contribution in [0.5, 0.6) is 11.5 Å². The Labute approximate surface area is 641 Å². The van der Waals surface area contributed by atoms with Crippen molar-refractivity contribution < 1.29 is 77.6 Å². The van der Waals surface area contributed by atoms with Gasteiger partial charge in [0.2, 0.25) is 53.2 Å². The number of fused-ring (bicyclic) bond motifs is 1. The minimum Gasteiger partial charge on any atom is -0.506 e. The number of H-pyrrole nitrogens is 3. The lowest BCUT2D eigenvalue weighted by Crippen LogP contribution is -2.60. The van der Waals surface area contributed by atoms with Crippen LogP contribution < -0.4 is 86.9 Å². The number of benzene rings is 4. The van der Waals surface area contributed by atoms with Gasteiger partial charge in [0, 0.05) is 67.9 Å². The van der Waals surface area contributed by atoms with Crippen molar-refractivity contribution in [1.82, 2.24) is 77.2 Å². The topological polar surface area (TPSA) is 615 Å². The summed E-state index contributed by atoms with van der Waals surface area (Å²) in [5.41, 5.74) is 23.3. The van der Waals surface area contributed by atoms with Crippen LogP contribution in [0.25, 0.3) is 22.3 Å². The van der Waals surface area contributed by atoms with Gasteiger partial charge in [0.25, 0.3) is 0 Å². The minimum absolute atomic E-state index is 0.00436. The maximum atomic E-state index is 14.8. The van der Waals surface area contributed by atoms with Crippen LogP contribution in [-0.2, 0) is 83.2 Å². The predicted molar refractivity (Wildman–Crippen MR) is 406 cm³/mol. The molecule has 0 bridgehead atoms. The van der Waals surface area contributed by atoms with E-state index >= 15 is 0 Å². The first-order valence-electron chi connectivity index (χ1n) is 36.1. The number of primary amides is 1. The van der Waals surface area contributed by atoms with Gasteiger partial charge in [0.05, 0.1) is 36.9 Å². The number of imidazole rings is 1. The van der Waals surface area contributed by atoms with Crippen molar-refractivity contribution >= 4 is 87.6 Å². The number of hydrogen-bond acceptors (Lipinski definition) is 21. The lowest BCUT2D eigenvalue weighted by atomic mass is 9.88. The summed E-state index contributed by atoms with van der Waals surface area (Å²) in [6.07, 6.45) is 2.26. The molecule has 9 unspecified atom stereocenters. The summed E-state index contributed by atoms with van der Waals surface area (Å²) >= 11 is 0. The number of guanidine groups is 1. The third-order valence-corrected chi connectivity index (χ3v) is 18.0. The van der Waals surface area contributed by atoms with Crippen LogP contribution in [-0.4, -0.2) is 202 Å². The fourth-order valence-electron chi connectivity index (χ4n) is 11.9. The number of carboxylic acids is 1. The van der Waals surface area contributed by atoms with E-state index in [1.807, 2.05) is 18.2 Å². The number of nitrogens with zero attached hydrogens (tertiary/aromatic N) is 3. The van der Waals surface area contributed by atoms with Crippen LogP contribution in [0.1, 0.15) is 94.5 Å². The first-order chi connectivity index (χ1) is 53.4. The number of aromatic nitrogens is 6. The standard InChI is InChI=1S/C74H96N20O18/c1-40(2)63(77)60(98)32-44(31-45-34-82-50-15-8-7-14-49(45)50)64(101)91-57(37-95)70(107)88-53(23-25-61(76)99)68(105)86-51(16-9-10-26-75)66(103)87-52(17-11-27-81-72(78)79)67(104)90-55(33-46-35-80-39-84-46)69(106)89-54(28-42-12-5-4-6-13-42)65(102)83-36-62(100)85-56(71(108)109)29-43-18-24-59(97)58(30-43)94-74(111)93(73(110)92-94)47-19-21-48(22-20-47)112-38-41(3)96/h4-8,12-15,18-22,24,30,34-35,39-40,44,51-57,63,82,95,97H,9-11,16-17,23,25-29,31-33,36-38,75,77H2,1-3H3,(H2,76,99)(H,80,84)(H,83,102)(H,85,100)(H,86,105)(H,87,103)(H,88,107)(H,89,106)(H,90,104)(H,91,101)(H,92,110)(H,108,109)(H4,78,79,81). The Morgan fingerprint density at radius 1 is 0.643 bits per heavy atom. The van der Waals surface area contributed by atoms with E-state index in [0.29, 0.717) is 17.5 Å². The number of aromatic hydroxyl groups is 1. The maximum absolute atomic E-state index is 14.8. The van der Waals surface area contributed by atoms with Crippen molar-refractivity contribution in [3.8, 4) is 22.9 Å². The van der Waals surface area contributed by atoms with Gasteiger partial charge >= 0.3 is 17.3 Å². The van der Waals surface area contributed by atoms with E-state index in [1.54, 1.807) is 56.4 Å². The minimum atomic E-state index is -1.74. The van der Waals surface area contributed by atoms with Crippen molar-refractivity contribution in [1.29, 1.82) is 5.41 Å².